The van der Waals surface area contributed by atoms with Gasteiger partial charge in [0.05, 0.1) is 59.5 Å². The minimum Gasteiger partial charge on any atom is -0.379 e. The summed E-state index contributed by atoms with van der Waals surface area (Å²) in [6.07, 6.45) is 6.92. The van der Waals surface area contributed by atoms with Crippen LogP contribution in [-0.2, 0) is 14.9 Å². The number of hydrogen-bond acceptors (Lipinski definition) is 7. The lowest BCUT2D eigenvalue weighted by atomic mass is 9.82. The van der Waals surface area contributed by atoms with Gasteiger partial charge in [-0.25, -0.2) is 14.5 Å². The SMILES string of the molecule is O=C(Nc1cnc(-n2nccn2)c(Cl)c1)C1CC2(COC2)c2c1cnc1cc(Cl)nn21. The predicted octanol–water partition coefficient (Wildman–Crippen LogP) is 2.41. The zero-order valence-electron chi connectivity index (χ0n) is 15.9. The second-order valence-corrected chi connectivity index (χ2v) is 8.46. The van der Waals surface area contributed by atoms with Crippen molar-refractivity contribution >= 4 is 40.4 Å². The van der Waals surface area contributed by atoms with Gasteiger partial charge in [0.1, 0.15) is 0 Å². The third-order valence-corrected chi connectivity index (χ3v) is 6.19. The summed E-state index contributed by atoms with van der Waals surface area (Å²) in [4.78, 5) is 23.3. The summed E-state index contributed by atoms with van der Waals surface area (Å²) >= 11 is 12.4. The van der Waals surface area contributed by atoms with E-state index < -0.39 is 5.92 Å². The number of rotatable bonds is 3. The molecular weight excluding hydrogens is 443 g/mol. The molecule has 4 aromatic rings. The normalized spacial score (nSPS) is 18.8. The Kier molecular flexibility index (Phi) is 4.04. The minimum absolute atomic E-state index is 0.174. The van der Waals surface area contributed by atoms with Crippen molar-refractivity contribution in [3.8, 4) is 5.82 Å². The Morgan fingerprint density at radius 3 is 2.68 bits per heavy atom. The fraction of sp³-hybridized carbons (Fsp3) is 0.263. The Morgan fingerprint density at radius 2 is 1.97 bits per heavy atom. The number of pyridine rings is 1. The van der Waals surface area contributed by atoms with Crippen molar-refractivity contribution < 1.29 is 9.53 Å². The number of anilines is 1. The van der Waals surface area contributed by atoms with Gasteiger partial charge in [0, 0.05) is 17.8 Å². The van der Waals surface area contributed by atoms with Crippen molar-refractivity contribution in [3.63, 3.8) is 0 Å². The first-order chi connectivity index (χ1) is 15.0. The van der Waals surface area contributed by atoms with E-state index in [1.807, 2.05) is 0 Å². The molecule has 1 fully saturated rings. The van der Waals surface area contributed by atoms with Crippen molar-refractivity contribution in [3.05, 3.63) is 58.4 Å². The molecule has 0 radical (unpaired) electrons. The zero-order chi connectivity index (χ0) is 21.2. The van der Waals surface area contributed by atoms with Gasteiger partial charge in [-0.2, -0.15) is 15.3 Å². The van der Waals surface area contributed by atoms with Gasteiger partial charge in [-0.05, 0) is 12.5 Å². The molecule has 0 aromatic carbocycles. The van der Waals surface area contributed by atoms with Crippen LogP contribution < -0.4 is 5.32 Å². The lowest BCUT2D eigenvalue weighted by molar-refractivity contribution is -0.119. The largest absolute Gasteiger partial charge is 0.379 e. The highest BCUT2D eigenvalue weighted by molar-refractivity contribution is 6.32. The van der Waals surface area contributed by atoms with Gasteiger partial charge in [-0.1, -0.05) is 23.2 Å². The molecule has 1 atom stereocenters. The molecule has 10 nitrogen and oxygen atoms in total. The molecule has 156 valence electrons. The molecule has 5 heterocycles. The number of amides is 1. The summed E-state index contributed by atoms with van der Waals surface area (Å²) in [7, 11) is 0. The fourth-order valence-corrected chi connectivity index (χ4v) is 4.75. The third kappa shape index (κ3) is 2.83. The Hall–Kier alpha value is -3.08. The van der Waals surface area contributed by atoms with Gasteiger partial charge in [0.2, 0.25) is 5.91 Å². The van der Waals surface area contributed by atoms with Gasteiger partial charge >= 0.3 is 0 Å². The van der Waals surface area contributed by atoms with Crippen molar-refractivity contribution in [2.75, 3.05) is 18.5 Å². The number of halogens is 2. The quantitative estimate of drug-likeness (QED) is 0.503. The second-order valence-electron chi connectivity index (χ2n) is 7.67. The maximum atomic E-state index is 13.2. The van der Waals surface area contributed by atoms with E-state index in [9.17, 15) is 4.79 Å². The Bertz CT molecular complexity index is 1330. The third-order valence-electron chi connectivity index (χ3n) is 5.73. The van der Waals surface area contributed by atoms with Crippen LogP contribution in [0.2, 0.25) is 10.2 Å². The highest BCUT2D eigenvalue weighted by atomic mass is 35.5. The molecule has 1 saturated heterocycles. The second kappa shape index (κ2) is 6.71. The standard InChI is InChI=1S/C19H14Cl2N8O2/c20-13-3-10(6-23-17(13)29-24-1-2-25-29)26-18(30)11-5-19(8-31-9-19)16-12(11)7-22-15-4-14(21)27-28(15)16/h1-4,6-7,11H,5,8-9H2,(H,26,30). The van der Waals surface area contributed by atoms with Crippen LogP contribution in [0.25, 0.3) is 11.5 Å². The molecule has 1 amide bonds. The van der Waals surface area contributed by atoms with Crippen LogP contribution in [-0.4, -0.2) is 53.7 Å². The lowest BCUT2D eigenvalue weighted by Gasteiger charge is -2.38. The summed E-state index contributed by atoms with van der Waals surface area (Å²) in [5, 5.41) is 16.0. The Morgan fingerprint density at radius 1 is 1.16 bits per heavy atom. The molecule has 1 N–H and O–H groups in total. The minimum atomic E-state index is -0.412. The lowest BCUT2D eigenvalue weighted by Crippen LogP contribution is -2.46. The van der Waals surface area contributed by atoms with Crippen molar-refractivity contribution in [1.29, 1.82) is 0 Å². The molecule has 6 rings (SSSR count). The van der Waals surface area contributed by atoms with Crippen LogP contribution in [0.15, 0.2) is 36.9 Å². The molecule has 1 unspecified atom stereocenters. The molecule has 12 heteroatoms. The first-order valence-electron chi connectivity index (χ1n) is 9.50. The van der Waals surface area contributed by atoms with Crippen molar-refractivity contribution in [2.45, 2.75) is 17.8 Å². The average Bonchev–Trinajstić information content (AvgIpc) is 3.43. The number of carbonyl (C=O) groups excluding carboxylic acids is 1. The van der Waals surface area contributed by atoms with Gasteiger partial charge in [0.15, 0.2) is 16.6 Å². The maximum absolute atomic E-state index is 13.2. The van der Waals surface area contributed by atoms with E-state index >= 15 is 0 Å². The smallest absolute Gasteiger partial charge is 0.232 e. The fourth-order valence-electron chi connectivity index (χ4n) is 4.34. The van der Waals surface area contributed by atoms with Crippen molar-refractivity contribution in [1.82, 2.24) is 34.6 Å². The van der Waals surface area contributed by atoms with E-state index in [4.69, 9.17) is 27.9 Å². The van der Waals surface area contributed by atoms with Crippen LogP contribution in [0.3, 0.4) is 0 Å². The van der Waals surface area contributed by atoms with E-state index in [-0.39, 0.29) is 11.3 Å². The van der Waals surface area contributed by atoms with E-state index in [1.165, 1.54) is 23.4 Å². The van der Waals surface area contributed by atoms with Crippen LogP contribution in [0.4, 0.5) is 5.69 Å². The number of nitrogens with zero attached hydrogens (tertiary/aromatic N) is 7. The summed E-state index contributed by atoms with van der Waals surface area (Å²) in [6.45, 7) is 1.05. The highest BCUT2D eigenvalue weighted by Crippen LogP contribution is 2.50. The molecule has 0 bridgehead atoms. The molecule has 31 heavy (non-hydrogen) atoms. The summed E-state index contributed by atoms with van der Waals surface area (Å²) in [5.41, 5.74) is 2.61. The monoisotopic (exact) mass is 456 g/mol. The number of fused-ring (bicyclic) bond motifs is 4. The van der Waals surface area contributed by atoms with Gasteiger partial charge in [-0.3, -0.25) is 4.79 Å². The van der Waals surface area contributed by atoms with Crippen molar-refractivity contribution in [2.24, 2.45) is 0 Å². The molecule has 1 spiro atoms. The van der Waals surface area contributed by atoms with E-state index in [1.54, 1.807) is 22.8 Å². The Labute approximate surface area is 185 Å². The number of ether oxygens (including phenoxy) is 1. The topological polar surface area (TPSA) is 112 Å². The molecule has 0 saturated carbocycles. The zero-order valence-corrected chi connectivity index (χ0v) is 17.4. The highest BCUT2D eigenvalue weighted by Gasteiger charge is 2.53. The molecule has 1 aliphatic heterocycles. The van der Waals surface area contributed by atoms with E-state index in [2.05, 4.69) is 30.6 Å². The number of hydrogen-bond donors (Lipinski definition) is 1. The molecule has 1 aliphatic carbocycles. The molecule has 2 aliphatic rings. The van der Waals surface area contributed by atoms with Gasteiger partial charge in [0.25, 0.3) is 0 Å². The Balaban J connectivity index is 1.33. The van der Waals surface area contributed by atoms with Gasteiger partial charge < -0.3 is 10.1 Å². The number of carbonyl (C=O) groups is 1. The maximum Gasteiger partial charge on any atom is 0.232 e. The summed E-state index contributed by atoms with van der Waals surface area (Å²) in [6, 6.07) is 3.32. The van der Waals surface area contributed by atoms with Crippen LogP contribution >= 0.6 is 23.2 Å². The summed E-state index contributed by atoms with van der Waals surface area (Å²) < 4.78 is 7.25. The van der Waals surface area contributed by atoms with E-state index in [0.717, 1.165) is 11.3 Å². The van der Waals surface area contributed by atoms with Crippen LogP contribution in [0.5, 0.6) is 0 Å². The molecular formula is C19H14Cl2N8O2. The van der Waals surface area contributed by atoms with Gasteiger partial charge in [-0.15, -0.1) is 4.80 Å². The number of nitrogens with one attached hydrogen (secondary N) is 1. The molecule has 4 aromatic heterocycles. The van der Waals surface area contributed by atoms with Crippen LogP contribution in [0, 0.1) is 0 Å². The van der Waals surface area contributed by atoms with Crippen LogP contribution in [0.1, 0.15) is 23.6 Å². The summed E-state index contributed by atoms with van der Waals surface area (Å²) in [5.74, 6) is -0.208. The first kappa shape index (κ1) is 18.7. The van der Waals surface area contributed by atoms with E-state index in [0.29, 0.717) is 47.0 Å². The first-order valence-corrected chi connectivity index (χ1v) is 10.3. The average molecular weight is 457 g/mol. The predicted molar refractivity (Wildman–Crippen MR) is 111 cm³/mol. The number of aromatic nitrogens is 7.